The highest BCUT2D eigenvalue weighted by molar-refractivity contribution is 7.92. The van der Waals surface area contributed by atoms with E-state index in [2.05, 4.69) is 40.6 Å². The average Bonchev–Trinajstić information content (AvgIpc) is 3.13. The minimum Gasteiger partial charge on any atom is -0.382 e. The number of nitrogens with zero attached hydrogens (tertiary/aromatic N) is 6. The number of sulfone groups is 2. The van der Waals surface area contributed by atoms with Gasteiger partial charge in [-0.15, -0.1) is 0 Å². The second-order valence-corrected chi connectivity index (χ2v) is 16.9. The monoisotopic (exact) mass is 850 g/mol. The number of benzene rings is 2. The number of unbranched alkanes of at least 4 members (excludes halogenated alkanes) is 4. The van der Waals surface area contributed by atoms with E-state index in [1.54, 1.807) is 12.1 Å². The second kappa shape index (κ2) is 18.8. The number of aromatic nitrogens is 4. The molecule has 20 nitrogen and oxygen atoms in total. The summed E-state index contributed by atoms with van der Waals surface area (Å²) in [5, 5.41) is 4.86. The van der Waals surface area contributed by atoms with Crippen LogP contribution in [-0.4, -0.2) is 85.1 Å². The van der Waals surface area contributed by atoms with Crippen LogP contribution >= 0.6 is 23.2 Å². The van der Waals surface area contributed by atoms with Crippen molar-refractivity contribution in [3.05, 3.63) is 58.1 Å². The van der Waals surface area contributed by atoms with Crippen LogP contribution < -0.4 is 45.0 Å². The maximum Gasteiger partial charge on any atom is 0.280 e. The zero-order chi connectivity index (χ0) is 41.2. The van der Waals surface area contributed by atoms with Gasteiger partial charge in [0.05, 0.1) is 21.3 Å². The van der Waals surface area contributed by atoms with E-state index in [0.717, 1.165) is 0 Å². The van der Waals surface area contributed by atoms with Crippen LogP contribution in [0.3, 0.4) is 0 Å². The van der Waals surface area contributed by atoms with Gasteiger partial charge < -0.3 is 34.4 Å². The van der Waals surface area contributed by atoms with E-state index >= 15 is 0 Å². The highest BCUT2D eigenvalue weighted by Crippen LogP contribution is 2.30. The molecule has 14 N–H and O–H groups in total. The van der Waals surface area contributed by atoms with Gasteiger partial charge in [-0.05, 0) is 37.8 Å². The zero-order valence-corrected chi connectivity index (χ0v) is 32.8. The van der Waals surface area contributed by atoms with Gasteiger partial charge in [-0.1, -0.05) is 60.3 Å². The first-order chi connectivity index (χ1) is 26.4. The fraction of sp³-hybridized carbons (Fsp3) is 0.312. The molecule has 2 amide bonds. The van der Waals surface area contributed by atoms with E-state index in [4.69, 9.17) is 57.6 Å². The molecule has 0 aliphatic carbocycles. The molecule has 0 atom stereocenters. The van der Waals surface area contributed by atoms with E-state index in [-0.39, 0.29) is 104 Å². The number of halogens is 2. The summed E-state index contributed by atoms with van der Waals surface area (Å²) in [6.07, 6.45) is 2.43. The first-order valence-electron chi connectivity index (χ1n) is 16.8. The molecule has 4 rings (SSSR count). The molecule has 2 aromatic heterocycles. The smallest absolute Gasteiger partial charge is 0.280 e. The van der Waals surface area contributed by atoms with Crippen LogP contribution in [0, 0.1) is 0 Å². The number of rotatable bonds is 16. The predicted octanol–water partition coefficient (Wildman–Crippen LogP) is 1.43. The molecule has 0 bridgehead atoms. The number of amides is 2. The van der Waals surface area contributed by atoms with Gasteiger partial charge in [0.15, 0.2) is 76.6 Å². The molecular formula is C32H40Cl2N14O6S2. The third-order valence-corrected chi connectivity index (χ3v) is 12.2. The molecule has 2 heterocycles. The number of fused-ring (bicyclic) bond motifs is 1. The molecule has 0 saturated carbocycles. The summed E-state index contributed by atoms with van der Waals surface area (Å²) in [6, 6.07) is 9.09. The summed E-state index contributed by atoms with van der Waals surface area (Å²) in [5.74, 6) is -3.10. The first-order valence-corrected chi connectivity index (χ1v) is 20.8. The molecule has 0 aliphatic rings. The largest absolute Gasteiger partial charge is 0.382 e. The molecule has 300 valence electrons. The van der Waals surface area contributed by atoms with E-state index in [9.17, 15) is 26.4 Å². The number of anilines is 4. The maximum atomic E-state index is 13.4. The lowest BCUT2D eigenvalue weighted by molar-refractivity contribution is 0.0964. The van der Waals surface area contributed by atoms with E-state index < -0.39 is 31.5 Å². The quantitative estimate of drug-likeness (QED) is 0.0449. The van der Waals surface area contributed by atoms with E-state index in [1.807, 2.05) is 0 Å². The number of carbonyl (C=O) groups excluding carboxylic acids is 2. The summed E-state index contributed by atoms with van der Waals surface area (Å²) >= 11 is 11.6. The minimum absolute atomic E-state index is 0.0268. The molecule has 0 unspecified atom stereocenters. The Morgan fingerprint density at radius 1 is 0.571 bits per heavy atom. The predicted molar refractivity (Wildman–Crippen MR) is 215 cm³/mol. The molecule has 0 aliphatic heterocycles. The van der Waals surface area contributed by atoms with Crippen LogP contribution in [0.1, 0.15) is 59.5 Å². The lowest BCUT2D eigenvalue weighted by Gasteiger charge is -2.12. The van der Waals surface area contributed by atoms with Gasteiger partial charge in [0.1, 0.15) is 0 Å². The fourth-order valence-electron chi connectivity index (χ4n) is 5.22. The molecule has 24 heteroatoms. The summed E-state index contributed by atoms with van der Waals surface area (Å²) in [7, 11) is -7.61. The third kappa shape index (κ3) is 11.2. The number of aliphatic imine (C=N–C) groups is 2. The van der Waals surface area contributed by atoms with Crippen molar-refractivity contribution in [2.45, 2.75) is 48.3 Å². The van der Waals surface area contributed by atoms with Crippen molar-refractivity contribution in [2.24, 2.45) is 21.5 Å². The van der Waals surface area contributed by atoms with E-state index in [0.29, 0.717) is 36.5 Å². The van der Waals surface area contributed by atoms with Crippen molar-refractivity contribution >= 4 is 101 Å². The number of hydrogen-bond donors (Lipinski definition) is 8. The molecule has 4 aromatic rings. The zero-order valence-electron chi connectivity index (χ0n) is 29.7. The van der Waals surface area contributed by atoms with Crippen LogP contribution in [0.4, 0.5) is 23.3 Å². The van der Waals surface area contributed by atoms with Gasteiger partial charge >= 0.3 is 0 Å². The Labute approximate surface area is 331 Å². The second-order valence-electron chi connectivity index (χ2n) is 12.1. The van der Waals surface area contributed by atoms with Crippen molar-refractivity contribution in [3.63, 3.8) is 0 Å². The molecule has 0 saturated heterocycles. The number of nitrogens with one attached hydrogen (secondary N) is 2. The van der Waals surface area contributed by atoms with Gasteiger partial charge in [-0.25, -0.2) is 36.8 Å². The maximum absolute atomic E-state index is 13.4. The average molecular weight is 852 g/mol. The Morgan fingerprint density at radius 2 is 0.946 bits per heavy atom. The lowest BCUT2D eigenvalue weighted by atomic mass is 10.1. The SMILES string of the molecule is NC(=NCCCCCS(=O)(=O)c1cccc2c(S(=O)(=O)CCCCCN=C(N)NC(=O)c3nc(Cl)c(N)nc3N)cccc12)NC(=O)c1nc(Cl)c(N)nc1N. The topological polar surface area (TPSA) is 359 Å². The highest BCUT2D eigenvalue weighted by Gasteiger charge is 2.23. The summed E-state index contributed by atoms with van der Waals surface area (Å²) in [4.78, 5) is 48.0. The Morgan fingerprint density at radius 3 is 1.32 bits per heavy atom. The minimum atomic E-state index is -3.80. The van der Waals surface area contributed by atoms with Crippen LogP contribution in [0.25, 0.3) is 10.8 Å². The van der Waals surface area contributed by atoms with E-state index in [1.165, 1.54) is 24.3 Å². The first kappa shape index (κ1) is 43.2. The van der Waals surface area contributed by atoms with Gasteiger partial charge in [0.2, 0.25) is 0 Å². The standard InChI is InChI=1S/C32H40Cl2N14O6S2/c33-23-27(37)45-25(35)21(43-23)29(49)47-31(39)41-13-3-1-5-15-55(51,52)19-11-7-10-18-17(19)9-8-12-20(18)56(53,54)16-6-2-4-14-42-32(40)48-30(50)22-26(36)46-28(38)24(34)44-22/h7-12H,1-6,13-16H2,(H4,35,37,45)(H4,36,38,46)(H3,39,41,47,49)(H3,40,42,48,50). The number of carbonyl (C=O) groups is 2. The molecule has 0 radical (unpaired) electrons. The fourth-order valence-corrected chi connectivity index (χ4v) is 8.68. The van der Waals surface area contributed by atoms with Gasteiger partial charge in [-0.3, -0.25) is 30.2 Å². The number of guanidine groups is 2. The lowest BCUT2D eigenvalue weighted by Crippen LogP contribution is -2.38. The van der Waals surface area contributed by atoms with Gasteiger partial charge in [-0.2, -0.15) is 0 Å². The van der Waals surface area contributed by atoms with Crippen molar-refractivity contribution in [1.29, 1.82) is 0 Å². The Bertz CT molecular complexity index is 2250. The number of hydrogen-bond acceptors (Lipinski definition) is 16. The van der Waals surface area contributed by atoms with Crippen molar-refractivity contribution in [3.8, 4) is 0 Å². The van der Waals surface area contributed by atoms with Crippen LogP contribution in [-0.2, 0) is 19.7 Å². The number of nitrogen functional groups attached to an aromatic ring is 4. The Hall–Kier alpha value is -5.58. The van der Waals surface area contributed by atoms with Crippen molar-refractivity contribution in [2.75, 3.05) is 47.5 Å². The number of nitrogens with two attached hydrogens (primary N) is 6. The molecule has 56 heavy (non-hydrogen) atoms. The van der Waals surface area contributed by atoms with Gasteiger partial charge in [0, 0.05) is 23.9 Å². The summed E-state index contributed by atoms with van der Waals surface area (Å²) in [6.45, 7) is 0.385. The molecule has 0 fully saturated rings. The molecule has 2 aromatic carbocycles. The van der Waals surface area contributed by atoms with Crippen LogP contribution in [0.2, 0.25) is 10.3 Å². The molecule has 0 spiro atoms. The Kier molecular flexibility index (Phi) is 14.5. The van der Waals surface area contributed by atoms with Crippen LogP contribution in [0.5, 0.6) is 0 Å². The normalized spacial score (nSPS) is 12.5. The van der Waals surface area contributed by atoms with Crippen LogP contribution in [0.15, 0.2) is 56.2 Å². The highest BCUT2D eigenvalue weighted by atomic mass is 35.5. The molecular weight excluding hydrogens is 811 g/mol. The summed E-state index contributed by atoms with van der Waals surface area (Å²) < 4.78 is 53.7. The van der Waals surface area contributed by atoms with Crippen molar-refractivity contribution < 1.29 is 26.4 Å². The van der Waals surface area contributed by atoms with Gasteiger partial charge in [0.25, 0.3) is 11.8 Å². The Balaban J connectivity index is 1.26. The summed E-state index contributed by atoms with van der Waals surface area (Å²) in [5.41, 5.74) is 33.4. The third-order valence-electron chi connectivity index (χ3n) is 7.94. The van der Waals surface area contributed by atoms with Crippen molar-refractivity contribution in [1.82, 2.24) is 30.6 Å².